The Bertz CT molecular complexity index is 491. The van der Waals surface area contributed by atoms with Gasteiger partial charge in [0.25, 0.3) is 0 Å². The van der Waals surface area contributed by atoms with Crippen molar-refractivity contribution < 1.29 is 4.42 Å². The van der Waals surface area contributed by atoms with E-state index in [0.717, 1.165) is 11.1 Å². The lowest BCUT2D eigenvalue weighted by atomic mass is 9.98. The van der Waals surface area contributed by atoms with Gasteiger partial charge in [-0.1, -0.05) is 17.7 Å². The van der Waals surface area contributed by atoms with Crippen LogP contribution in [-0.4, -0.2) is 0 Å². The molecule has 3 heteroatoms. The minimum Gasteiger partial charge on any atom is -0.472 e. The molecule has 0 aliphatic carbocycles. The molecule has 0 amide bonds. The Morgan fingerprint density at radius 2 is 1.94 bits per heavy atom. The first-order chi connectivity index (χ1) is 7.59. The van der Waals surface area contributed by atoms with Crippen LogP contribution in [0.15, 0.2) is 35.1 Å². The molecule has 0 fully saturated rings. The zero-order valence-corrected chi connectivity index (χ0v) is 10.1. The van der Waals surface area contributed by atoms with Crippen LogP contribution in [0.1, 0.15) is 28.3 Å². The summed E-state index contributed by atoms with van der Waals surface area (Å²) in [5.41, 5.74) is 10.4. The first-order valence-corrected chi connectivity index (χ1v) is 5.51. The van der Waals surface area contributed by atoms with Gasteiger partial charge < -0.3 is 10.2 Å². The van der Waals surface area contributed by atoms with Crippen molar-refractivity contribution in [3.63, 3.8) is 0 Å². The van der Waals surface area contributed by atoms with Gasteiger partial charge in [0, 0.05) is 10.6 Å². The van der Waals surface area contributed by atoms with Gasteiger partial charge in [-0.05, 0) is 42.7 Å². The normalized spacial score (nSPS) is 12.8. The highest BCUT2D eigenvalue weighted by molar-refractivity contribution is 6.31. The van der Waals surface area contributed by atoms with Crippen LogP contribution in [0, 0.1) is 13.8 Å². The van der Waals surface area contributed by atoms with Gasteiger partial charge in [-0.3, -0.25) is 0 Å². The van der Waals surface area contributed by atoms with Gasteiger partial charge in [0.2, 0.25) is 0 Å². The fourth-order valence-electron chi connectivity index (χ4n) is 1.67. The van der Waals surface area contributed by atoms with Gasteiger partial charge in [0.1, 0.15) is 0 Å². The van der Waals surface area contributed by atoms with Gasteiger partial charge in [-0.25, -0.2) is 0 Å². The van der Waals surface area contributed by atoms with E-state index < -0.39 is 0 Å². The molecule has 0 spiro atoms. The summed E-state index contributed by atoms with van der Waals surface area (Å²) in [7, 11) is 0. The van der Waals surface area contributed by atoms with Crippen molar-refractivity contribution in [3.05, 3.63) is 58.0 Å². The maximum atomic E-state index is 6.20. The van der Waals surface area contributed by atoms with Crippen molar-refractivity contribution in [2.75, 3.05) is 0 Å². The number of hydrogen-bond acceptors (Lipinski definition) is 2. The Morgan fingerprint density at radius 1 is 1.25 bits per heavy atom. The number of aryl methyl sites for hydroxylation is 2. The fraction of sp³-hybridized carbons (Fsp3) is 0.231. The highest BCUT2D eigenvalue weighted by Crippen LogP contribution is 2.29. The van der Waals surface area contributed by atoms with Crippen molar-refractivity contribution >= 4 is 11.6 Å². The van der Waals surface area contributed by atoms with Crippen LogP contribution < -0.4 is 5.73 Å². The highest BCUT2D eigenvalue weighted by Gasteiger charge is 2.14. The predicted molar refractivity (Wildman–Crippen MR) is 65.7 cm³/mol. The molecule has 2 nitrogen and oxygen atoms in total. The topological polar surface area (TPSA) is 39.2 Å². The fourth-order valence-corrected chi connectivity index (χ4v) is 2.01. The van der Waals surface area contributed by atoms with E-state index >= 15 is 0 Å². The van der Waals surface area contributed by atoms with Crippen LogP contribution >= 0.6 is 11.6 Å². The third kappa shape index (κ3) is 1.99. The number of nitrogens with two attached hydrogens (primary N) is 1. The maximum Gasteiger partial charge on any atom is 0.0953 e. The van der Waals surface area contributed by atoms with Crippen LogP contribution in [-0.2, 0) is 0 Å². The third-order valence-electron chi connectivity index (χ3n) is 2.85. The predicted octanol–water partition coefficient (Wildman–Crippen LogP) is 3.60. The summed E-state index contributed by atoms with van der Waals surface area (Å²) >= 11 is 6.20. The monoisotopic (exact) mass is 235 g/mol. The molecule has 0 radical (unpaired) electrons. The van der Waals surface area contributed by atoms with Crippen LogP contribution in [0.2, 0.25) is 5.02 Å². The van der Waals surface area contributed by atoms with Crippen molar-refractivity contribution in [2.24, 2.45) is 5.73 Å². The van der Waals surface area contributed by atoms with Gasteiger partial charge in [0.15, 0.2) is 0 Å². The molecule has 1 aromatic carbocycles. The van der Waals surface area contributed by atoms with Crippen LogP contribution in [0.5, 0.6) is 0 Å². The lowest BCUT2D eigenvalue weighted by molar-refractivity contribution is 0.562. The maximum absolute atomic E-state index is 6.20. The molecule has 0 bridgehead atoms. The quantitative estimate of drug-likeness (QED) is 0.864. The van der Waals surface area contributed by atoms with Crippen LogP contribution in [0.4, 0.5) is 0 Å². The smallest absolute Gasteiger partial charge is 0.0953 e. The largest absolute Gasteiger partial charge is 0.472 e. The molecule has 0 aliphatic rings. The van der Waals surface area contributed by atoms with Crippen molar-refractivity contribution in [1.29, 1.82) is 0 Å². The molecule has 0 saturated carbocycles. The first kappa shape index (κ1) is 11.2. The van der Waals surface area contributed by atoms with E-state index in [1.54, 1.807) is 12.5 Å². The lowest BCUT2D eigenvalue weighted by Crippen LogP contribution is -2.12. The van der Waals surface area contributed by atoms with Gasteiger partial charge in [-0.15, -0.1) is 0 Å². The molecule has 0 saturated heterocycles. The molecule has 2 rings (SSSR count). The van der Waals surface area contributed by atoms with E-state index in [2.05, 4.69) is 6.92 Å². The highest BCUT2D eigenvalue weighted by atomic mass is 35.5. The second-order valence-corrected chi connectivity index (χ2v) is 4.40. The molecular formula is C13H14ClNO. The summed E-state index contributed by atoms with van der Waals surface area (Å²) in [6, 6.07) is 5.61. The number of halogens is 1. The van der Waals surface area contributed by atoms with Gasteiger partial charge in [0.05, 0.1) is 18.6 Å². The molecule has 1 aromatic heterocycles. The molecule has 16 heavy (non-hydrogen) atoms. The average molecular weight is 236 g/mol. The Hall–Kier alpha value is -1.25. The zero-order valence-electron chi connectivity index (χ0n) is 9.33. The van der Waals surface area contributed by atoms with E-state index in [4.69, 9.17) is 21.8 Å². The summed E-state index contributed by atoms with van der Waals surface area (Å²) in [4.78, 5) is 0. The van der Waals surface area contributed by atoms with Crippen molar-refractivity contribution in [1.82, 2.24) is 0 Å². The summed E-state index contributed by atoms with van der Waals surface area (Å²) in [6.45, 7) is 4.09. The van der Waals surface area contributed by atoms with E-state index in [0.29, 0.717) is 5.02 Å². The zero-order chi connectivity index (χ0) is 11.7. The average Bonchev–Trinajstić information content (AvgIpc) is 2.75. The van der Waals surface area contributed by atoms with Gasteiger partial charge >= 0.3 is 0 Å². The third-order valence-corrected chi connectivity index (χ3v) is 3.18. The van der Waals surface area contributed by atoms with E-state index in [1.807, 2.05) is 25.1 Å². The summed E-state index contributed by atoms with van der Waals surface area (Å²) < 4.78 is 5.03. The Kier molecular flexibility index (Phi) is 3.03. The Balaban J connectivity index is 2.44. The SMILES string of the molecule is Cc1cc(Cl)c(C(N)c2ccoc2)cc1C. The van der Waals surface area contributed by atoms with E-state index in [1.165, 1.54) is 11.1 Å². The molecule has 2 aromatic rings. The minimum absolute atomic E-state index is 0.231. The second-order valence-electron chi connectivity index (χ2n) is 3.99. The van der Waals surface area contributed by atoms with Gasteiger partial charge in [-0.2, -0.15) is 0 Å². The molecule has 2 N–H and O–H groups in total. The number of rotatable bonds is 2. The van der Waals surface area contributed by atoms with Crippen LogP contribution in [0.25, 0.3) is 0 Å². The van der Waals surface area contributed by atoms with Crippen molar-refractivity contribution in [3.8, 4) is 0 Å². The van der Waals surface area contributed by atoms with E-state index in [-0.39, 0.29) is 6.04 Å². The van der Waals surface area contributed by atoms with Crippen LogP contribution in [0.3, 0.4) is 0 Å². The standard InChI is InChI=1S/C13H14ClNO/c1-8-5-11(12(14)6-9(8)2)13(15)10-3-4-16-7-10/h3-7,13H,15H2,1-2H3. The lowest BCUT2D eigenvalue weighted by Gasteiger charge is -2.14. The molecule has 0 aliphatic heterocycles. The number of furan rings is 1. The Morgan fingerprint density at radius 3 is 2.56 bits per heavy atom. The summed E-state index contributed by atoms with van der Waals surface area (Å²) in [5.74, 6) is 0. The van der Waals surface area contributed by atoms with E-state index in [9.17, 15) is 0 Å². The molecule has 1 heterocycles. The second kappa shape index (κ2) is 4.32. The minimum atomic E-state index is -0.231. The van der Waals surface area contributed by atoms with Crippen molar-refractivity contribution in [2.45, 2.75) is 19.9 Å². The number of benzene rings is 1. The first-order valence-electron chi connectivity index (χ1n) is 5.14. The molecular weight excluding hydrogens is 222 g/mol. The summed E-state index contributed by atoms with van der Waals surface area (Å²) in [5, 5.41) is 0.705. The molecule has 1 unspecified atom stereocenters. The molecule has 1 atom stereocenters. The Labute approximate surface area is 100 Å². The molecule has 84 valence electrons. The summed E-state index contributed by atoms with van der Waals surface area (Å²) in [6.07, 6.45) is 3.26. The number of hydrogen-bond donors (Lipinski definition) is 1.